The Bertz CT molecular complexity index is 1500. The number of allylic oxidation sites excluding steroid dienone is 1. The highest BCUT2D eigenvalue weighted by Crippen LogP contribution is 2.29. The molecule has 0 radical (unpaired) electrons. The van der Waals surface area contributed by atoms with E-state index in [4.69, 9.17) is 10.5 Å². The fraction of sp³-hybridized carbons (Fsp3) is 0.320. The van der Waals surface area contributed by atoms with E-state index >= 15 is 0 Å². The summed E-state index contributed by atoms with van der Waals surface area (Å²) in [7, 11) is 0. The highest BCUT2D eigenvalue weighted by Gasteiger charge is 2.20. The van der Waals surface area contributed by atoms with Gasteiger partial charge in [-0.25, -0.2) is 0 Å². The third-order valence-corrected chi connectivity index (χ3v) is 6.51. The number of imidazole rings is 1. The summed E-state index contributed by atoms with van der Waals surface area (Å²) in [6.07, 6.45) is 9.20. The Labute approximate surface area is 212 Å². The number of hydrogen-bond acceptors (Lipinski definition) is 9. The van der Waals surface area contributed by atoms with Gasteiger partial charge < -0.3 is 26.2 Å². The number of fused-ring (bicyclic) bond motifs is 3. The van der Waals surface area contributed by atoms with Crippen molar-refractivity contribution in [2.75, 3.05) is 25.4 Å². The molecule has 37 heavy (non-hydrogen) atoms. The molecule has 6 rings (SSSR count). The molecule has 0 saturated carbocycles. The van der Waals surface area contributed by atoms with Gasteiger partial charge in [-0.1, -0.05) is 30.4 Å². The van der Waals surface area contributed by atoms with E-state index in [1.165, 1.54) is 0 Å². The topological polar surface area (TPSA) is 158 Å². The first kappa shape index (κ1) is 23.0. The minimum atomic E-state index is -0.192. The molecule has 12 nitrogen and oxygen atoms in total. The van der Waals surface area contributed by atoms with Crippen molar-refractivity contribution < 1.29 is 14.6 Å². The molecular weight excluding hydrogens is 474 g/mol. The van der Waals surface area contributed by atoms with Gasteiger partial charge >= 0.3 is 6.01 Å². The molecule has 5 N–H and O–H groups in total. The number of aromatic hydroxyl groups is 1. The van der Waals surface area contributed by atoms with Crippen LogP contribution < -0.4 is 21.1 Å². The van der Waals surface area contributed by atoms with Crippen LogP contribution in [-0.2, 0) is 24.3 Å². The van der Waals surface area contributed by atoms with E-state index in [0.717, 1.165) is 35.3 Å². The molecule has 0 atom stereocenters. The summed E-state index contributed by atoms with van der Waals surface area (Å²) in [6.45, 7) is 2.51. The summed E-state index contributed by atoms with van der Waals surface area (Å²) in [5, 5.41) is 21.1. The first-order chi connectivity index (χ1) is 18.0. The zero-order valence-electron chi connectivity index (χ0n) is 20.1. The molecule has 190 valence electrons. The minimum absolute atomic E-state index is 0.0525. The number of nitrogen functional groups attached to an aromatic ring is 1. The predicted molar refractivity (Wildman–Crippen MR) is 136 cm³/mol. The molecule has 2 aliphatic heterocycles. The van der Waals surface area contributed by atoms with E-state index < -0.39 is 0 Å². The maximum atomic E-state index is 12.3. The number of nitrogens with one attached hydrogen (secondary N) is 2. The van der Waals surface area contributed by atoms with Gasteiger partial charge in [-0.2, -0.15) is 20.1 Å². The smallest absolute Gasteiger partial charge is 0.320 e. The molecule has 1 amide bonds. The van der Waals surface area contributed by atoms with E-state index in [9.17, 15) is 9.90 Å². The van der Waals surface area contributed by atoms with E-state index in [1.54, 1.807) is 15.4 Å². The maximum Gasteiger partial charge on any atom is 0.320 e. The Morgan fingerprint density at radius 3 is 2.97 bits per heavy atom. The van der Waals surface area contributed by atoms with Gasteiger partial charge in [0, 0.05) is 24.8 Å². The standard InChI is InChI=1S/C25H27N9O3/c26-22-21-23-32-24(31-22)37-7-3-1-2-4-16-8-15(12-34(23)25(36)30-21)5-6-19(16)17-9-28-33(13-17)14-20(35)29-18-10-27-11-18/h1-2,5-6,8-9,13,18,27H,3-4,7,10-12,14H2,(H,29,35)(H,30,36)(H2,26,31,32)/b2-1-. The molecule has 3 aromatic heterocycles. The number of nitrogens with two attached hydrogens (primary N) is 1. The second-order valence-corrected chi connectivity index (χ2v) is 9.22. The summed E-state index contributed by atoms with van der Waals surface area (Å²) in [6, 6.07) is 6.30. The predicted octanol–water partition coefficient (Wildman–Crippen LogP) is 0.995. The number of amides is 1. The van der Waals surface area contributed by atoms with Crippen molar-refractivity contribution in [1.82, 2.24) is 39.9 Å². The normalized spacial score (nSPS) is 16.6. The highest BCUT2D eigenvalue weighted by molar-refractivity contribution is 5.83. The van der Waals surface area contributed by atoms with Crippen molar-refractivity contribution in [3.05, 3.63) is 53.9 Å². The Hall–Kier alpha value is -4.45. The zero-order chi connectivity index (χ0) is 25.4. The number of benzene rings is 1. The van der Waals surface area contributed by atoms with Crippen LogP contribution in [0.3, 0.4) is 0 Å². The monoisotopic (exact) mass is 501 g/mol. The van der Waals surface area contributed by atoms with E-state index in [2.05, 4.69) is 48.9 Å². The molecule has 1 fully saturated rings. The molecule has 0 aliphatic carbocycles. The van der Waals surface area contributed by atoms with Gasteiger partial charge in [-0.3, -0.25) is 14.0 Å². The van der Waals surface area contributed by atoms with Gasteiger partial charge in [-0.05, 0) is 29.5 Å². The van der Waals surface area contributed by atoms with Crippen LogP contribution in [0.1, 0.15) is 17.5 Å². The van der Waals surface area contributed by atoms with Crippen molar-refractivity contribution in [1.29, 1.82) is 0 Å². The lowest BCUT2D eigenvalue weighted by molar-refractivity contribution is -0.122. The summed E-state index contributed by atoms with van der Waals surface area (Å²) in [4.78, 5) is 25.1. The third-order valence-electron chi connectivity index (χ3n) is 6.51. The average Bonchev–Trinajstić information content (AvgIpc) is 3.43. The Kier molecular flexibility index (Phi) is 5.93. The fourth-order valence-corrected chi connectivity index (χ4v) is 4.52. The number of carbonyl (C=O) groups excluding carboxylic acids is 1. The largest absolute Gasteiger partial charge is 0.480 e. The van der Waals surface area contributed by atoms with Gasteiger partial charge in [-0.15, -0.1) is 0 Å². The van der Waals surface area contributed by atoms with Crippen LogP contribution in [0.4, 0.5) is 5.82 Å². The lowest BCUT2D eigenvalue weighted by Crippen LogP contribution is -2.57. The summed E-state index contributed by atoms with van der Waals surface area (Å²) >= 11 is 0. The number of ether oxygens (including phenoxy) is 1. The minimum Gasteiger partial charge on any atom is -0.480 e. The van der Waals surface area contributed by atoms with Crippen LogP contribution in [0.5, 0.6) is 12.0 Å². The van der Waals surface area contributed by atoms with Crippen LogP contribution >= 0.6 is 0 Å². The first-order valence-corrected chi connectivity index (χ1v) is 12.2. The fourth-order valence-electron chi connectivity index (χ4n) is 4.52. The van der Waals surface area contributed by atoms with Crippen LogP contribution in [0.15, 0.2) is 42.7 Å². The molecular formula is C25H27N9O3. The summed E-state index contributed by atoms with van der Waals surface area (Å²) < 4.78 is 8.94. The average molecular weight is 502 g/mol. The Morgan fingerprint density at radius 2 is 2.14 bits per heavy atom. The summed E-state index contributed by atoms with van der Waals surface area (Å²) in [5.41, 5.74) is 10.8. The van der Waals surface area contributed by atoms with Crippen molar-refractivity contribution >= 4 is 22.9 Å². The van der Waals surface area contributed by atoms with Crippen LogP contribution in [0.25, 0.3) is 22.3 Å². The molecule has 4 aromatic rings. The van der Waals surface area contributed by atoms with Crippen molar-refractivity contribution in [3.63, 3.8) is 0 Å². The number of nitrogens with zero attached hydrogens (tertiary/aromatic N) is 6. The van der Waals surface area contributed by atoms with Gasteiger partial charge in [0.05, 0.1) is 25.4 Å². The third kappa shape index (κ3) is 4.70. The van der Waals surface area contributed by atoms with Gasteiger partial charge in [0.1, 0.15) is 6.54 Å². The molecule has 0 spiro atoms. The van der Waals surface area contributed by atoms with E-state index in [0.29, 0.717) is 37.2 Å². The molecule has 5 heterocycles. The molecule has 0 unspecified atom stereocenters. The highest BCUT2D eigenvalue weighted by atomic mass is 16.5. The summed E-state index contributed by atoms with van der Waals surface area (Å²) in [5.74, 6) is 0.103. The van der Waals surface area contributed by atoms with Gasteiger partial charge in [0.15, 0.2) is 17.0 Å². The molecule has 12 heteroatoms. The number of rotatable bonds is 4. The second kappa shape index (κ2) is 9.54. The van der Waals surface area contributed by atoms with Crippen LogP contribution in [0, 0.1) is 0 Å². The van der Waals surface area contributed by atoms with Crippen LogP contribution in [0.2, 0.25) is 0 Å². The van der Waals surface area contributed by atoms with Crippen molar-refractivity contribution in [2.24, 2.45) is 0 Å². The van der Waals surface area contributed by atoms with E-state index in [1.807, 2.05) is 18.3 Å². The molecule has 2 aliphatic rings. The molecule has 1 aromatic carbocycles. The van der Waals surface area contributed by atoms with Crippen molar-refractivity contribution in [3.8, 4) is 23.1 Å². The Balaban J connectivity index is 1.31. The van der Waals surface area contributed by atoms with Gasteiger partial charge in [0.25, 0.3) is 6.01 Å². The maximum absolute atomic E-state index is 12.3. The van der Waals surface area contributed by atoms with Crippen LogP contribution in [-0.4, -0.2) is 66.1 Å². The molecule has 1 saturated heterocycles. The lowest BCUT2D eigenvalue weighted by atomic mass is 9.97. The number of anilines is 1. The number of carbonyl (C=O) groups is 1. The Morgan fingerprint density at radius 1 is 1.24 bits per heavy atom. The van der Waals surface area contributed by atoms with E-state index in [-0.39, 0.29) is 36.3 Å². The number of aromatic nitrogens is 6. The SMILES string of the molecule is Nc1nc2nc3c1nc(O)n3Cc1ccc(-c3cnn(CC(=O)NC4CNC4)c3)c(c1)C/C=C\CCO2. The molecule has 4 bridgehead atoms. The zero-order valence-corrected chi connectivity index (χ0v) is 20.1. The first-order valence-electron chi connectivity index (χ1n) is 12.2. The quantitative estimate of drug-likeness (QED) is 0.299. The number of hydrogen-bond donors (Lipinski definition) is 4. The van der Waals surface area contributed by atoms with Gasteiger partial charge in [0.2, 0.25) is 5.91 Å². The second-order valence-electron chi connectivity index (χ2n) is 9.22. The lowest BCUT2D eigenvalue weighted by Gasteiger charge is -2.27. The van der Waals surface area contributed by atoms with Crippen molar-refractivity contribution in [2.45, 2.75) is 32.0 Å².